The Morgan fingerprint density at radius 1 is 1.44 bits per heavy atom. The zero-order valence-corrected chi connectivity index (χ0v) is 13.2. The van der Waals surface area contributed by atoms with E-state index in [9.17, 15) is 0 Å². The van der Waals surface area contributed by atoms with Crippen molar-refractivity contribution in [3.63, 3.8) is 0 Å². The maximum Gasteiger partial charge on any atom is 0.0826 e. The molecule has 1 N–H and O–H groups in total. The standard InChI is InChI=1S/C14H21IN2O/c1-11(12-3-5-13(15)6-4-12)16-9-14-10-17(2)7-8-18-14/h3-6,11,14,16H,7-10H2,1-2H3. The van der Waals surface area contributed by atoms with Crippen LogP contribution in [-0.4, -0.2) is 44.3 Å². The summed E-state index contributed by atoms with van der Waals surface area (Å²) in [6, 6.07) is 9.05. The van der Waals surface area contributed by atoms with Gasteiger partial charge in [-0.3, -0.25) is 0 Å². The normalized spacial score (nSPS) is 22.9. The summed E-state index contributed by atoms with van der Waals surface area (Å²) in [6.45, 7) is 6.03. The van der Waals surface area contributed by atoms with E-state index in [4.69, 9.17) is 4.74 Å². The minimum atomic E-state index is 0.315. The Morgan fingerprint density at radius 2 is 2.17 bits per heavy atom. The molecule has 2 rings (SSSR count). The Balaban J connectivity index is 1.80. The molecule has 1 saturated heterocycles. The first-order valence-corrected chi connectivity index (χ1v) is 7.52. The molecule has 0 bridgehead atoms. The fourth-order valence-electron chi connectivity index (χ4n) is 2.17. The first kappa shape index (κ1) is 14.2. The molecule has 0 radical (unpaired) electrons. The number of halogens is 1. The van der Waals surface area contributed by atoms with E-state index in [-0.39, 0.29) is 0 Å². The van der Waals surface area contributed by atoms with Gasteiger partial charge in [0.2, 0.25) is 0 Å². The SMILES string of the molecule is CC(NCC1CN(C)CCO1)c1ccc(I)cc1. The number of benzene rings is 1. The van der Waals surface area contributed by atoms with Crippen LogP contribution in [0.1, 0.15) is 18.5 Å². The second kappa shape index (κ2) is 6.84. The van der Waals surface area contributed by atoms with Gasteiger partial charge >= 0.3 is 0 Å². The summed E-state index contributed by atoms with van der Waals surface area (Å²) in [5.41, 5.74) is 1.33. The van der Waals surface area contributed by atoms with Crippen molar-refractivity contribution in [3.05, 3.63) is 33.4 Å². The highest BCUT2D eigenvalue weighted by Gasteiger charge is 2.18. The molecule has 1 aromatic rings. The van der Waals surface area contributed by atoms with Gasteiger partial charge in [-0.05, 0) is 54.3 Å². The number of nitrogens with zero attached hydrogens (tertiary/aromatic N) is 1. The highest BCUT2D eigenvalue weighted by atomic mass is 127. The van der Waals surface area contributed by atoms with Gasteiger partial charge in [-0.1, -0.05) is 12.1 Å². The molecular formula is C14H21IN2O. The molecular weight excluding hydrogens is 339 g/mol. The number of hydrogen-bond donors (Lipinski definition) is 1. The largest absolute Gasteiger partial charge is 0.374 e. The summed E-state index contributed by atoms with van der Waals surface area (Å²) in [5, 5.41) is 3.55. The minimum absolute atomic E-state index is 0.315. The Labute approximate surface area is 123 Å². The van der Waals surface area contributed by atoms with Crippen LogP contribution in [0.2, 0.25) is 0 Å². The summed E-state index contributed by atoms with van der Waals surface area (Å²) in [5.74, 6) is 0. The zero-order valence-electron chi connectivity index (χ0n) is 11.0. The van der Waals surface area contributed by atoms with Crippen LogP contribution in [-0.2, 0) is 4.74 Å². The molecule has 18 heavy (non-hydrogen) atoms. The van der Waals surface area contributed by atoms with Gasteiger partial charge in [0.05, 0.1) is 12.7 Å². The lowest BCUT2D eigenvalue weighted by molar-refractivity contribution is -0.0190. The van der Waals surface area contributed by atoms with Crippen molar-refractivity contribution in [2.24, 2.45) is 0 Å². The van der Waals surface area contributed by atoms with Gasteiger partial charge in [0.15, 0.2) is 0 Å². The van der Waals surface area contributed by atoms with E-state index < -0.39 is 0 Å². The average Bonchev–Trinajstić information content (AvgIpc) is 2.37. The van der Waals surface area contributed by atoms with E-state index in [2.05, 4.69) is 71.0 Å². The van der Waals surface area contributed by atoms with Crippen molar-refractivity contribution in [2.75, 3.05) is 33.3 Å². The molecule has 1 aliphatic rings. The van der Waals surface area contributed by atoms with E-state index in [1.54, 1.807) is 0 Å². The van der Waals surface area contributed by atoms with Crippen LogP contribution in [0.4, 0.5) is 0 Å². The van der Waals surface area contributed by atoms with E-state index in [1.165, 1.54) is 9.13 Å². The summed E-state index contributed by atoms with van der Waals surface area (Å²) in [7, 11) is 2.15. The van der Waals surface area contributed by atoms with Gasteiger partial charge in [0, 0.05) is 29.2 Å². The van der Waals surface area contributed by atoms with Crippen molar-refractivity contribution in [2.45, 2.75) is 19.1 Å². The molecule has 0 aliphatic carbocycles. The maximum atomic E-state index is 5.75. The molecule has 100 valence electrons. The Hall–Kier alpha value is -0.170. The Kier molecular flexibility index (Phi) is 5.41. The van der Waals surface area contributed by atoms with Gasteiger partial charge < -0.3 is 15.0 Å². The van der Waals surface area contributed by atoms with Crippen LogP contribution < -0.4 is 5.32 Å². The van der Waals surface area contributed by atoms with Crippen LogP contribution >= 0.6 is 22.6 Å². The topological polar surface area (TPSA) is 24.5 Å². The lowest BCUT2D eigenvalue weighted by atomic mass is 10.1. The molecule has 4 heteroatoms. The molecule has 1 heterocycles. The van der Waals surface area contributed by atoms with Crippen LogP contribution in [0.5, 0.6) is 0 Å². The van der Waals surface area contributed by atoms with Gasteiger partial charge in [-0.15, -0.1) is 0 Å². The highest BCUT2D eigenvalue weighted by Crippen LogP contribution is 2.14. The van der Waals surface area contributed by atoms with Gasteiger partial charge in [-0.25, -0.2) is 0 Å². The number of rotatable bonds is 4. The molecule has 3 nitrogen and oxygen atoms in total. The number of hydrogen-bond acceptors (Lipinski definition) is 3. The van der Waals surface area contributed by atoms with Gasteiger partial charge in [0.25, 0.3) is 0 Å². The summed E-state index contributed by atoms with van der Waals surface area (Å²) < 4.78 is 7.03. The number of likely N-dealkylation sites (N-methyl/N-ethyl adjacent to an activating group) is 1. The first-order chi connectivity index (χ1) is 8.65. The minimum Gasteiger partial charge on any atom is -0.374 e. The van der Waals surface area contributed by atoms with E-state index in [0.717, 1.165) is 26.2 Å². The summed E-state index contributed by atoms with van der Waals surface area (Å²) in [6.07, 6.45) is 0.315. The molecule has 0 saturated carbocycles. The predicted octanol–water partition coefficient (Wildman–Crippen LogP) is 2.27. The molecule has 1 aromatic carbocycles. The quantitative estimate of drug-likeness (QED) is 0.834. The highest BCUT2D eigenvalue weighted by molar-refractivity contribution is 14.1. The molecule has 0 aromatic heterocycles. The van der Waals surface area contributed by atoms with E-state index in [1.807, 2.05) is 0 Å². The van der Waals surface area contributed by atoms with Gasteiger partial charge in [-0.2, -0.15) is 0 Å². The van der Waals surface area contributed by atoms with Crippen molar-refractivity contribution in [1.82, 2.24) is 10.2 Å². The first-order valence-electron chi connectivity index (χ1n) is 6.44. The van der Waals surface area contributed by atoms with E-state index in [0.29, 0.717) is 12.1 Å². The number of morpholine rings is 1. The molecule has 1 fully saturated rings. The molecule has 2 atom stereocenters. The second-order valence-electron chi connectivity index (χ2n) is 4.94. The summed E-state index contributed by atoms with van der Waals surface area (Å²) in [4.78, 5) is 2.32. The maximum absolute atomic E-state index is 5.75. The third-order valence-corrected chi connectivity index (χ3v) is 4.08. The average molecular weight is 360 g/mol. The second-order valence-corrected chi connectivity index (χ2v) is 6.18. The van der Waals surface area contributed by atoms with Crippen LogP contribution in [0.15, 0.2) is 24.3 Å². The third kappa shape index (κ3) is 4.19. The van der Waals surface area contributed by atoms with E-state index >= 15 is 0 Å². The molecule has 2 unspecified atom stereocenters. The van der Waals surface area contributed by atoms with Crippen molar-refractivity contribution in [3.8, 4) is 0 Å². The molecule has 0 amide bonds. The molecule has 1 aliphatic heterocycles. The van der Waals surface area contributed by atoms with Gasteiger partial charge in [0.1, 0.15) is 0 Å². The lowest BCUT2D eigenvalue weighted by Crippen LogP contribution is -2.45. The predicted molar refractivity (Wildman–Crippen MR) is 82.8 cm³/mol. The lowest BCUT2D eigenvalue weighted by Gasteiger charge is -2.31. The summed E-state index contributed by atoms with van der Waals surface area (Å²) >= 11 is 2.33. The molecule has 0 spiro atoms. The van der Waals surface area contributed by atoms with Crippen LogP contribution in [0.3, 0.4) is 0 Å². The van der Waals surface area contributed by atoms with Crippen molar-refractivity contribution >= 4 is 22.6 Å². The van der Waals surface area contributed by atoms with Crippen LogP contribution in [0.25, 0.3) is 0 Å². The van der Waals surface area contributed by atoms with Crippen LogP contribution in [0, 0.1) is 3.57 Å². The number of nitrogens with one attached hydrogen (secondary N) is 1. The smallest absolute Gasteiger partial charge is 0.0826 e. The number of ether oxygens (including phenoxy) is 1. The fourth-order valence-corrected chi connectivity index (χ4v) is 2.53. The van der Waals surface area contributed by atoms with Crippen molar-refractivity contribution < 1.29 is 4.74 Å². The Morgan fingerprint density at radius 3 is 2.83 bits per heavy atom. The van der Waals surface area contributed by atoms with Crippen molar-refractivity contribution in [1.29, 1.82) is 0 Å². The Bertz CT molecular complexity index is 369. The zero-order chi connectivity index (χ0) is 13.0. The fraction of sp³-hybridized carbons (Fsp3) is 0.571. The third-order valence-electron chi connectivity index (χ3n) is 3.36. The monoisotopic (exact) mass is 360 g/mol.